The summed E-state index contributed by atoms with van der Waals surface area (Å²) in [5.41, 5.74) is 5.67. The Morgan fingerprint density at radius 1 is 0.967 bits per heavy atom. The number of fused-ring (bicyclic) bond motifs is 2. The molecule has 0 aliphatic rings. The van der Waals surface area contributed by atoms with E-state index in [1.165, 1.54) is 17.8 Å². The highest BCUT2D eigenvalue weighted by Crippen LogP contribution is 2.28. The molecule has 30 heavy (non-hydrogen) atoms. The second-order valence-corrected chi connectivity index (χ2v) is 7.21. The molecule has 1 amide bonds. The van der Waals surface area contributed by atoms with Crippen molar-refractivity contribution in [3.63, 3.8) is 0 Å². The third-order valence-corrected chi connectivity index (χ3v) is 5.02. The van der Waals surface area contributed by atoms with E-state index in [4.69, 9.17) is 4.98 Å². The summed E-state index contributed by atoms with van der Waals surface area (Å²) in [6.07, 6.45) is 3.95. The zero-order chi connectivity index (χ0) is 20.7. The number of carbonyl (C=O) groups excluding carboxylic acids is 1. The lowest BCUT2D eigenvalue weighted by molar-refractivity contribution is -0.114. The molecule has 0 saturated carbocycles. The lowest BCUT2D eigenvalue weighted by Gasteiger charge is -2.04. The molecule has 0 unspecified atom stereocenters. The highest BCUT2D eigenvalue weighted by Gasteiger charge is 2.11. The number of anilines is 3. The molecule has 7 heteroatoms. The van der Waals surface area contributed by atoms with Gasteiger partial charge in [0.25, 0.3) is 0 Å². The first-order valence-corrected chi connectivity index (χ1v) is 9.62. The molecule has 0 atom stereocenters. The molecule has 5 rings (SSSR count). The van der Waals surface area contributed by atoms with Crippen molar-refractivity contribution in [2.45, 2.75) is 6.92 Å². The van der Waals surface area contributed by atoms with Crippen LogP contribution < -0.4 is 10.6 Å². The zero-order valence-corrected chi connectivity index (χ0v) is 16.6. The SMILES string of the molecule is CC(=O)Nc1ccc(Nc2nc3c(-c4ccc5c(ccn5C)c4)cccn3n2)cc1. The lowest BCUT2D eigenvalue weighted by Crippen LogP contribution is -2.05. The van der Waals surface area contributed by atoms with Gasteiger partial charge in [-0.1, -0.05) is 6.07 Å². The smallest absolute Gasteiger partial charge is 0.247 e. The van der Waals surface area contributed by atoms with E-state index in [9.17, 15) is 4.79 Å². The van der Waals surface area contributed by atoms with Crippen molar-refractivity contribution in [2.24, 2.45) is 7.05 Å². The quantitative estimate of drug-likeness (QED) is 0.466. The Kier molecular flexibility index (Phi) is 4.21. The van der Waals surface area contributed by atoms with Crippen LogP contribution in [0.15, 0.2) is 73.1 Å². The zero-order valence-electron chi connectivity index (χ0n) is 16.6. The van der Waals surface area contributed by atoms with Crippen LogP contribution >= 0.6 is 0 Å². The molecule has 0 saturated heterocycles. The van der Waals surface area contributed by atoms with E-state index in [2.05, 4.69) is 56.8 Å². The summed E-state index contributed by atoms with van der Waals surface area (Å²) in [6, 6.07) is 20.0. The Morgan fingerprint density at radius 2 is 1.77 bits per heavy atom. The molecule has 3 aromatic heterocycles. The van der Waals surface area contributed by atoms with Crippen molar-refractivity contribution in [1.29, 1.82) is 0 Å². The van der Waals surface area contributed by atoms with Gasteiger partial charge < -0.3 is 15.2 Å². The highest BCUT2D eigenvalue weighted by atomic mass is 16.1. The van der Waals surface area contributed by atoms with Gasteiger partial charge in [0.2, 0.25) is 11.9 Å². The van der Waals surface area contributed by atoms with E-state index in [1.54, 1.807) is 4.52 Å². The number of benzene rings is 2. The van der Waals surface area contributed by atoms with Gasteiger partial charge in [-0.05, 0) is 60.2 Å². The number of rotatable bonds is 4. The molecular weight excluding hydrogens is 376 g/mol. The molecular formula is C23H20N6O. The standard InChI is InChI=1S/C23H20N6O/c1-15(30)24-18-6-8-19(9-7-18)25-23-26-22-20(4-3-12-29(22)27-23)16-5-10-21-17(14-16)11-13-28(21)2/h3-14H,1-2H3,(H,24,30)(H,25,27). The van der Waals surface area contributed by atoms with Crippen LogP contribution in [0.1, 0.15) is 6.92 Å². The van der Waals surface area contributed by atoms with Crippen molar-refractivity contribution in [2.75, 3.05) is 10.6 Å². The Labute approximate surface area is 173 Å². The lowest BCUT2D eigenvalue weighted by atomic mass is 10.1. The molecule has 0 radical (unpaired) electrons. The molecule has 7 nitrogen and oxygen atoms in total. The van der Waals surface area contributed by atoms with Crippen LogP contribution in [0.5, 0.6) is 0 Å². The number of nitrogens with one attached hydrogen (secondary N) is 2. The number of nitrogens with zero attached hydrogens (tertiary/aromatic N) is 4. The fourth-order valence-corrected chi connectivity index (χ4v) is 3.60. The maximum Gasteiger partial charge on any atom is 0.247 e. The minimum absolute atomic E-state index is 0.0982. The Balaban J connectivity index is 1.48. The third-order valence-electron chi connectivity index (χ3n) is 5.02. The predicted octanol–water partition coefficient (Wildman–Crippen LogP) is 4.59. The molecule has 0 spiro atoms. The molecule has 0 aliphatic carbocycles. The van der Waals surface area contributed by atoms with Gasteiger partial charge in [0, 0.05) is 54.2 Å². The highest BCUT2D eigenvalue weighted by molar-refractivity contribution is 5.89. The van der Waals surface area contributed by atoms with Gasteiger partial charge in [-0.2, -0.15) is 4.98 Å². The average Bonchev–Trinajstić information content (AvgIpc) is 3.31. The maximum absolute atomic E-state index is 11.2. The second-order valence-electron chi connectivity index (χ2n) is 7.21. The first kappa shape index (κ1) is 17.9. The van der Waals surface area contributed by atoms with Gasteiger partial charge in [0.1, 0.15) is 0 Å². The topological polar surface area (TPSA) is 76.2 Å². The predicted molar refractivity (Wildman–Crippen MR) is 119 cm³/mol. The van der Waals surface area contributed by atoms with Crippen LogP contribution in [-0.2, 0) is 11.8 Å². The summed E-state index contributed by atoms with van der Waals surface area (Å²) < 4.78 is 3.88. The summed E-state index contributed by atoms with van der Waals surface area (Å²) in [4.78, 5) is 15.9. The number of amides is 1. The van der Waals surface area contributed by atoms with Crippen LogP contribution in [0.25, 0.3) is 27.7 Å². The average molecular weight is 396 g/mol. The van der Waals surface area contributed by atoms with E-state index in [0.29, 0.717) is 5.95 Å². The molecule has 5 aromatic rings. The Morgan fingerprint density at radius 3 is 2.57 bits per heavy atom. The number of aromatic nitrogens is 4. The van der Waals surface area contributed by atoms with E-state index >= 15 is 0 Å². The number of carbonyl (C=O) groups is 1. The summed E-state index contributed by atoms with van der Waals surface area (Å²) >= 11 is 0. The van der Waals surface area contributed by atoms with Crippen molar-refractivity contribution in [3.8, 4) is 11.1 Å². The van der Waals surface area contributed by atoms with E-state index in [0.717, 1.165) is 28.1 Å². The van der Waals surface area contributed by atoms with Crippen molar-refractivity contribution in [3.05, 3.63) is 73.1 Å². The van der Waals surface area contributed by atoms with Crippen LogP contribution in [-0.4, -0.2) is 25.1 Å². The van der Waals surface area contributed by atoms with Gasteiger partial charge in [-0.25, -0.2) is 4.52 Å². The van der Waals surface area contributed by atoms with Crippen LogP contribution in [0, 0.1) is 0 Å². The molecule has 0 aliphatic heterocycles. The fraction of sp³-hybridized carbons (Fsp3) is 0.0870. The normalized spacial score (nSPS) is 11.1. The minimum Gasteiger partial charge on any atom is -0.351 e. The molecule has 2 aromatic carbocycles. The van der Waals surface area contributed by atoms with E-state index in [-0.39, 0.29) is 5.91 Å². The van der Waals surface area contributed by atoms with E-state index < -0.39 is 0 Å². The molecule has 0 bridgehead atoms. The minimum atomic E-state index is -0.0982. The number of hydrogen-bond donors (Lipinski definition) is 2. The van der Waals surface area contributed by atoms with Crippen molar-refractivity contribution in [1.82, 2.24) is 19.2 Å². The molecule has 0 fully saturated rings. The van der Waals surface area contributed by atoms with E-state index in [1.807, 2.05) is 43.6 Å². The molecule has 3 heterocycles. The number of hydrogen-bond acceptors (Lipinski definition) is 4. The second kappa shape index (κ2) is 7.04. The van der Waals surface area contributed by atoms with Crippen LogP contribution in [0.4, 0.5) is 17.3 Å². The first-order chi connectivity index (χ1) is 14.6. The Bertz CT molecular complexity index is 1380. The number of aryl methyl sites for hydroxylation is 1. The molecule has 148 valence electrons. The molecule has 2 N–H and O–H groups in total. The maximum atomic E-state index is 11.2. The third kappa shape index (κ3) is 3.26. The van der Waals surface area contributed by atoms with Gasteiger partial charge in [-0.15, -0.1) is 5.10 Å². The summed E-state index contributed by atoms with van der Waals surface area (Å²) in [5.74, 6) is 0.412. The van der Waals surface area contributed by atoms with Gasteiger partial charge in [-0.3, -0.25) is 4.79 Å². The van der Waals surface area contributed by atoms with Crippen molar-refractivity contribution >= 4 is 39.8 Å². The van der Waals surface area contributed by atoms with Crippen LogP contribution in [0.3, 0.4) is 0 Å². The Hall–Kier alpha value is -4.13. The number of pyridine rings is 1. The van der Waals surface area contributed by atoms with Gasteiger partial charge in [0.15, 0.2) is 5.65 Å². The summed E-state index contributed by atoms with van der Waals surface area (Å²) in [5, 5.41) is 11.7. The van der Waals surface area contributed by atoms with Gasteiger partial charge in [0.05, 0.1) is 0 Å². The van der Waals surface area contributed by atoms with Crippen molar-refractivity contribution < 1.29 is 4.79 Å². The van der Waals surface area contributed by atoms with Gasteiger partial charge >= 0.3 is 0 Å². The van der Waals surface area contributed by atoms with Crippen LogP contribution in [0.2, 0.25) is 0 Å². The summed E-state index contributed by atoms with van der Waals surface area (Å²) in [6.45, 7) is 1.49. The fourth-order valence-electron chi connectivity index (χ4n) is 3.60. The summed E-state index contributed by atoms with van der Waals surface area (Å²) in [7, 11) is 2.04. The monoisotopic (exact) mass is 396 g/mol. The largest absolute Gasteiger partial charge is 0.351 e. The first-order valence-electron chi connectivity index (χ1n) is 9.62.